The number of hydrogen-bond donors (Lipinski definition) is 1. The molecule has 0 saturated carbocycles. The van der Waals surface area contributed by atoms with Gasteiger partial charge in [-0.2, -0.15) is 5.10 Å². The topological polar surface area (TPSA) is 70.1 Å². The number of ketones is 1. The van der Waals surface area contributed by atoms with Crippen molar-refractivity contribution < 1.29 is 9.53 Å². The molecule has 6 heteroatoms. The predicted molar refractivity (Wildman–Crippen MR) is 80.5 cm³/mol. The second-order valence-corrected chi connectivity index (χ2v) is 6.17. The van der Waals surface area contributed by atoms with Crippen LogP contribution in [-0.4, -0.2) is 35.3 Å². The van der Waals surface area contributed by atoms with E-state index in [1.165, 1.54) is 0 Å². The molecule has 1 aromatic heterocycles. The van der Waals surface area contributed by atoms with Gasteiger partial charge in [0.1, 0.15) is 5.78 Å². The summed E-state index contributed by atoms with van der Waals surface area (Å²) in [7, 11) is 1.88. The minimum Gasteiger partial charge on any atom is -0.381 e. The average Bonchev–Trinajstić information content (AvgIpc) is 2.75. The third kappa shape index (κ3) is 2.82. The minimum atomic E-state index is -0.422. The molecule has 1 saturated heterocycles. The Bertz CT molecular complexity index is 493. The molecule has 0 atom stereocenters. The first-order valence-electron chi connectivity index (χ1n) is 7.05. The van der Waals surface area contributed by atoms with Crippen LogP contribution < -0.4 is 5.73 Å². The number of nitrogens with two attached hydrogens (primary N) is 1. The molecule has 1 fully saturated rings. The monoisotopic (exact) mass is 343 g/mol. The van der Waals surface area contributed by atoms with Gasteiger partial charge in [-0.25, -0.2) is 0 Å². The lowest BCUT2D eigenvalue weighted by Crippen LogP contribution is -2.44. The lowest BCUT2D eigenvalue weighted by molar-refractivity contribution is -0.133. The van der Waals surface area contributed by atoms with Crippen LogP contribution in [0, 0.1) is 5.41 Å². The molecule has 2 N–H and O–H groups in total. The Labute approximate surface area is 128 Å². The highest BCUT2D eigenvalue weighted by Gasteiger charge is 2.38. The Kier molecular flexibility index (Phi) is 4.99. The maximum absolute atomic E-state index is 12.7. The number of halogens is 1. The van der Waals surface area contributed by atoms with E-state index in [-0.39, 0.29) is 5.78 Å². The summed E-state index contributed by atoms with van der Waals surface area (Å²) >= 11 is 3.56. The highest BCUT2D eigenvalue weighted by atomic mass is 79.9. The summed E-state index contributed by atoms with van der Waals surface area (Å²) in [5.74, 6) is 0.203. The van der Waals surface area contributed by atoms with Crippen molar-refractivity contribution in [2.24, 2.45) is 18.2 Å². The van der Waals surface area contributed by atoms with Crippen molar-refractivity contribution in [2.75, 3.05) is 19.8 Å². The lowest BCUT2D eigenvalue weighted by atomic mass is 9.75. The smallest absolute Gasteiger partial charge is 0.146 e. The summed E-state index contributed by atoms with van der Waals surface area (Å²) in [5, 5.41) is 4.44. The van der Waals surface area contributed by atoms with E-state index in [0.717, 1.165) is 35.1 Å². The van der Waals surface area contributed by atoms with E-state index in [1.54, 1.807) is 4.68 Å². The van der Waals surface area contributed by atoms with Crippen molar-refractivity contribution in [1.82, 2.24) is 9.78 Å². The van der Waals surface area contributed by atoms with Crippen LogP contribution in [0.5, 0.6) is 0 Å². The average molecular weight is 344 g/mol. The van der Waals surface area contributed by atoms with Crippen molar-refractivity contribution >= 4 is 21.7 Å². The fourth-order valence-electron chi connectivity index (χ4n) is 2.71. The van der Waals surface area contributed by atoms with Crippen LogP contribution in [0.2, 0.25) is 0 Å². The number of carbonyl (C=O) groups excluding carboxylic acids is 1. The van der Waals surface area contributed by atoms with Gasteiger partial charge < -0.3 is 10.5 Å². The number of aromatic nitrogens is 2. The summed E-state index contributed by atoms with van der Waals surface area (Å²) in [6.07, 6.45) is 2.66. The Morgan fingerprint density at radius 3 is 2.65 bits per heavy atom. The van der Waals surface area contributed by atoms with Crippen LogP contribution in [0.15, 0.2) is 4.47 Å². The molecular formula is C14H22BrN3O2. The zero-order chi connectivity index (χ0) is 14.8. The molecule has 5 nitrogen and oxygen atoms in total. The van der Waals surface area contributed by atoms with Crippen LogP contribution in [0.25, 0.3) is 0 Å². The molecule has 1 aliphatic heterocycles. The van der Waals surface area contributed by atoms with Crippen molar-refractivity contribution in [3.05, 3.63) is 15.9 Å². The Balaban J connectivity index is 2.20. The quantitative estimate of drug-likeness (QED) is 0.881. The van der Waals surface area contributed by atoms with Gasteiger partial charge >= 0.3 is 0 Å². The number of rotatable bonds is 5. The maximum atomic E-state index is 12.7. The summed E-state index contributed by atoms with van der Waals surface area (Å²) in [5.41, 5.74) is 7.39. The molecular weight excluding hydrogens is 322 g/mol. The van der Waals surface area contributed by atoms with Crippen molar-refractivity contribution in [1.29, 1.82) is 0 Å². The molecule has 2 heterocycles. The molecule has 1 aromatic rings. The second-order valence-electron chi connectivity index (χ2n) is 5.38. The third-order valence-electron chi connectivity index (χ3n) is 4.26. The van der Waals surface area contributed by atoms with Gasteiger partial charge in [-0.05, 0) is 35.2 Å². The van der Waals surface area contributed by atoms with Crippen LogP contribution in [0.1, 0.15) is 31.2 Å². The van der Waals surface area contributed by atoms with Gasteiger partial charge in [0.15, 0.2) is 0 Å². The molecule has 20 heavy (non-hydrogen) atoms. The van der Waals surface area contributed by atoms with E-state index in [9.17, 15) is 4.79 Å². The zero-order valence-corrected chi connectivity index (χ0v) is 13.7. The second kappa shape index (κ2) is 6.37. The molecule has 112 valence electrons. The molecule has 0 radical (unpaired) electrons. The van der Waals surface area contributed by atoms with Crippen LogP contribution in [0.3, 0.4) is 0 Å². The van der Waals surface area contributed by atoms with Gasteiger partial charge in [0, 0.05) is 32.2 Å². The van der Waals surface area contributed by atoms with Crippen molar-refractivity contribution in [3.63, 3.8) is 0 Å². The molecule has 0 aliphatic carbocycles. The molecule has 0 aromatic carbocycles. The number of ether oxygens (including phenoxy) is 1. The molecule has 0 amide bonds. The van der Waals surface area contributed by atoms with E-state index in [2.05, 4.69) is 28.0 Å². The third-order valence-corrected chi connectivity index (χ3v) is 5.18. The first kappa shape index (κ1) is 15.7. The number of aryl methyl sites for hydroxylation is 2. The van der Waals surface area contributed by atoms with E-state index in [1.807, 2.05) is 7.05 Å². The number of nitrogens with zero attached hydrogens (tertiary/aromatic N) is 2. The summed E-state index contributed by atoms with van der Waals surface area (Å²) in [6, 6.07) is 0. The largest absolute Gasteiger partial charge is 0.381 e. The van der Waals surface area contributed by atoms with Crippen LogP contribution in [0.4, 0.5) is 0 Å². The molecule has 0 spiro atoms. The fourth-order valence-corrected chi connectivity index (χ4v) is 3.47. The van der Waals surface area contributed by atoms with Crippen molar-refractivity contribution in [2.45, 2.75) is 32.6 Å². The van der Waals surface area contributed by atoms with Gasteiger partial charge in [-0.15, -0.1) is 0 Å². The lowest BCUT2D eigenvalue weighted by Gasteiger charge is -2.34. The number of carbonyl (C=O) groups is 1. The first-order chi connectivity index (χ1) is 9.54. The van der Waals surface area contributed by atoms with Gasteiger partial charge in [0.2, 0.25) is 0 Å². The van der Waals surface area contributed by atoms with Crippen LogP contribution in [-0.2, 0) is 29.4 Å². The van der Waals surface area contributed by atoms with Crippen molar-refractivity contribution in [3.8, 4) is 0 Å². The maximum Gasteiger partial charge on any atom is 0.146 e. The number of hydrogen-bond acceptors (Lipinski definition) is 4. The Morgan fingerprint density at radius 1 is 1.50 bits per heavy atom. The van der Waals surface area contributed by atoms with E-state index in [0.29, 0.717) is 26.2 Å². The standard InChI is InChI=1S/C14H22BrN3O2/c1-3-10-13(15)11(18(2)17-10)8-12(19)14(9-16)4-6-20-7-5-14/h3-9,16H2,1-2H3. The van der Waals surface area contributed by atoms with E-state index < -0.39 is 5.41 Å². The summed E-state index contributed by atoms with van der Waals surface area (Å²) in [4.78, 5) is 12.7. The van der Waals surface area contributed by atoms with E-state index >= 15 is 0 Å². The SMILES string of the molecule is CCc1nn(C)c(CC(=O)C2(CN)CCOCC2)c1Br. The van der Waals surface area contributed by atoms with Gasteiger partial charge in [-0.1, -0.05) is 6.92 Å². The first-order valence-corrected chi connectivity index (χ1v) is 7.84. The summed E-state index contributed by atoms with van der Waals surface area (Å²) < 4.78 is 8.11. The normalized spacial score (nSPS) is 18.2. The fraction of sp³-hybridized carbons (Fsp3) is 0.714. The van der Waals surface area contributed by atoms with Gasteiger partial charge in [-0.3, -0.25) is 9.48 Å². The summed E-state index contributed by atoms with van der Waals surface area (Å²) in [6.45, 7) is 3.69. The minimum absolute atomic E-state index is 0.203. The van der Waals surface area contributed by atoms with Gasteiger partial charge in [0.05, 0.1) is 22.3 Å². The van der Waals surface area contributed by atoms with Gasteiger partial charge in [0.25, 0.3) is 0 Å². The molecule has 0 unspecified atom stereocenters. The molecule has 1 aliphatic rings. The van der Waals surface area contributed by atoms with E-state index in [4.69, 9.17) is 10.5 Å². The Morgan fingerprint density at radius 2 is 2.15 bits per heavy atom. The van der Waals surface area contributed by atoms with Crippen LogP contribution >= 0.6 is 15.9 Å². The predicted octanol–water partition coefficient (Wildman–Crippen LogP) is 1.61. The number of Topliss-reactive ketones (excluding diaryl/α,β-unsaturated/α-hetero) is 1. The Hall–Kier alpha value is -0.720. The highest BCUT2D eigenvalue weighted by Crippen LogP contribution is 2.33. The highest BCUT2D eigenvalue weighted by molar-refractivity contribution is 9.10. The molecule has 2 rings (SSSR count). The zero-order valence-electron chi connectivity index (χ0n) is 12.1. The molecule has 0 bridgehead atoms.